The third-order valence-electron chi connectivity index (χ3n) is 8.44. The van der Waals surface area contributed by atoms with Gasteiger partial charge in [0, 0.05) is 32.7 Å². The number of fused-ring (bicyclic) bond motifs is 7. The van der Waals surface area contributed by atoms with E-state index in [1.54, 1.807) is 0 Å². The molecule has 3 aromatic heterocycles. The van der Waals surface area contributed by atoms with Crippen molar-refractivity contribution in [2.75, 3.05) is 0 Å². The molecule has 3 heteroatoms. The van der Waals surface area contributed by atoms with Crippen LogP contribution >= 0.6 is 0 Å². The molecule has 0 radical (unpaired) electrons. The highest BCUT2D eigenvalue weighted by molar-refractivity contribution is 6.07. The van der Waals surface area contributed by atoms with Crippen molar-refractivity contribution in [3.05, 3.63) is 146 Å². The molecule has 200 valence electrons. The van der Waals surface area contributed by atoms with Crippen LogP contribution in [0.3, 0.4) is 0 Å². The highest BCUT2D eigenvalue weighted by Crippen LogP contribution is 2.34. The predicted molar refractivity (Wildman–Crippen MR) is 178 cm³/mol. The van der Waals surface area contributed by atoms with Crippen molar-refractivity contribution in [1.29, 1.82) is 0 Å². The zero-order chi connectivity index (χ0) is 28.3. The second kappa shape index (κ2) is 9.37. The SMILES string of the molecule is c1ccc(-c2ccc3ccc4ccc(-c5ccc6cc(-c7ccc8oc9ccccc9c8c7)ccc6c5)nc4c3n2)cc1. The van der Waals surface area contributed by atoms with Crippen LogP contribution in [-0.2, 0) is 0 Å². The minimum Gasteiger partial charge on any atom is -0.456 e. The van der Waals surface area contributed by atoms with Gasteiger partial charge >= 0.3 is 0 Å². The average molecular weight is 549 g/mol. The van der Waals surface area contributed by atoms with Crippen LogP contribution in [-0.4, -0.2) is 9.97 Å². The number of aromatic nitrogens is 2. The summed E-state index contributed by atoms with van der Waals surface area (Å²) in [6.45, 7) is 0. The number of benzene rings is 6. The molecule has 0 bridgehead atoms. The summed E-state index contributed by atoms with van der Waals surface area (Å²) >= 11 is 0. The summed E-state index contributed by atoms with van der Waals surface area (Å²) in [4.78, 5) is 10.2. The van der Waals surface area contributed by atoms with Gasteiger partial charge in [-0.1, -0.05) is 103 Å². The second-order valence-corrected chi connectivity index (χ2v) is 11.1. The largest absolute Gasteiger partial charge is 0.456 e. The van der Waals surface area contributed by atoms with Gasteiger partial charge in [0.05, 0.1) is 22.4 Å². The number of rotatable bonds is 3. The lowest BCUT2D eigenvalue weighted by Gasteiger charge is -2.09. The van der Waals surface area contributed by atoms with Gasteiger partial charge in [-0.3, -0.25) is 0 Å². The summed E-state index contributed by atoms with van der Waals surface area (Å²) in [6, 6.07) is 51.0. The van der Waals surface area contributed by atoms with Gasteiger partial charge < -0.3 is 4.42 Å². The first-order valence-electron chi connectivity index (χ1n) is 14.5. The highest BCUT2D eigenvalue weighted by atomic mass is 16.3. The Kier molecular flexibility index (Phi) is 5.20. The molecular weight excluding hydrogens is 524 g/mol. The number of hydrogen-bond acceptors (Lipinski definition) is 3. The zero-order valence-corrected chi connectivity index (χ0v) is 23.2. The third kappa shape index (κ3) is 3.98. The fourth-order valence-corrected chi connectivity index (χ4v) is 6.19. The minimum atomic E-state index is 0.914. The lowest BCUT2D eigenvalue weighted by molar-refractivity contribution is 0.669. The molecule has 0 amide bonds. The summed E-state index contributed by atoms with van der Waals surface area (Å²) in [6.07, 6.45) is 0. The Morgan fingerprint density at radius 3 is 1.65 bits per heavy atom. The molecule has 0 saturated heterocycles. The standard InChI is InChI=1S/C40H24N2O/c1-2-6-25(7-3-1)35-19-16-26-10-11-27-17-20-36(42-40(27)39(26)41-35)32-15-14-28-22-29(12-13-30(28)23-32)31-18-21-38-34(24-31)33-8-4-5-9-37(33)43-38/h1-24H. The summed E-state index contributed by atoms with van der Waals surface area (Å²) < 4.78 is 6.04. The number of hydrogen-bond donors (Lipinski definition) is 0. The maximum Gasteiger partial charge on any atom is 0.135 e. The lowest BCUT2D eigenvalue weighted by Crippen LogP contribution is -1.91. The minimum absolute atomic E-state index is 0.914. The summed E-state index contributed by atoms with van der Waals surface area (Å²) in [5.74, 6) is 0. The number of para-hydroxylation sites is 1. The smallest absolute Gasteiger partial charge is 0.135 e. The fraction of sp³-hybridized carbons (Fsp3) is 0. The second-order valence-electron chi connectivity index (χ2n) is 11.1. The fourth-order valence-electron chi connectivity index (χ4n) is 6.19. The molecule has 0 aliphatic carbocycles. The molecule has 43 heavy (non-hydrogen) atoms. The van der Waals surface area contributed by atoms with Crippen LogP contribution in [0.25, 0.3) is 88.2 Å². The van der Waals surface area contributed by atoms with E-state index >= 15 is 0 Å². The molecule has 3 heterocycles. The van der Waals surface area contributed by atoms with E-state index in [2.05, 4.69) is 115 Å². The van der Waals surface area contributed by atoms with Crippen molar-refractivity contribution < 1.29 is 4.42 Å². The van der Waals surface area contributed by atoms with Crippen molar-refractivity contribution in [2.45, 2.75) is 0 Å². The Hall–Kier alpha value is -5.80. The Morgan fingerprint density at radius 2 is 0.884 bits per heavy atom. The number of pyridine rings is 2. The van der Waals surface area contributed by atoms with Crippen LogP contribution < -0.4 is 0 Å². The van der Waals surface area contributed by atoms with E-state index in [1.807, 2.05) is 30.3 Å². The molecule has 9 aromatic rings. The quantitative estimate of drug-likeness (QED) is 0.206. The Morgan fingerprint density at radius 1 is 0.349 bits per heavy atom. The summed E-state index contributed by atoms with van der Waals surface area (Å²) in [7, 11) is 0. The molecule has 0 N–H and O–H groups in total. The van der Waals surface area contributed by atoms with Crippen molar-refractivity contribution in [2.24, 2.45) is 0 Å². The molecule has 9 rings (SSSR count). The zero-order valence-electron chi connectivity index (χ0n) is 23.2. The van der Waals surface area contributed by atoms with Crippen LogP contribution in [0.15, 0.2) is 150 Å². The molecule has 6 aromatic carbocycles. The average Bonchev–Trinajstić information content (AvgIpc) is 3.46. The lowest BCUT2D eigenvalue weighted by atomic mass is 9.98. The Bertz CT molecular complexity index is 2510. The van der Waals surface area contributed by atoms with E-state index in [9.17, 15) is 0 Å². The van der Waals surface area contributed by atoms with E-state index < -0.39 is 0 Å². The van der Waals surface area contributed by atoms with Gasteiger partial charge in [-0.15, -0.1) is 0 Å². The van der Waals surface area contributed by atoms with Crippen molar-refractivity contribution >= 4 is 54.5 Å². The van der Waals surface area contributed by atoms with E-state index in [0.717, 1.165) is 66.3 Å². The van der Waals surface area contributed by atoms with Crippen LogP contribution in [0.2, 0.25) is 0 Å². The van der Waals surface area contributed by atoms with Crippen molar-refractivity contribution in [1.82, 2.24) is 9.97 Å². The predicted octanol–water partition coefficient (Wildman–Crippen LogP) is 10.8. The normalized spacial score (nSPS) is 11.7. The molecule has 0 aliphatic heterocycles. The van der Waals surface area contributed by atoms with Gasteiger partial charge in [0.1, 0.15) is 11.2 Å². The first kappa shape index (κ1) is 23.9. The molecule has 0 fully saturated rings. The maximum atomic E-state index is 6.04. The van der Waals surface area contributed by atoms with Crippen molar-refractivity contribution in [3.63, 3.8) is 0 Å². The third-order valence-corrected chi connectivity index (χ3v) is 8.44. The van der Waals surface area contributed by atoms with E-state index in [-0.39, 0.29) is 0 Å². The number of nitrogens with zero attached hydrogens (tertiary/aromatic N) is 2. The highest BCUT2D eigenvalue weighted by Gasteiger charge is 2.11. The van der Waals surface area contributed by atoms with E-state index in [1.165, 1.54) is 21.9 Å². The Labute approximate surface area is 247 Å². The topological polar surface area (TPSA) is 38.9 Å². The molecule has 0 saturated carbocycles. The van der Waals surface area contributed by atoms with Crippen LogP contribution in [0, 0.1) is 0 Å². The van der Waals surface area contributed by atoms with Gasteiger partial charge in [0.2, 0.25) is 0 Å². The van der Waals surface area contributed by atoms with Crippen LogP contribution in [0.4, 0.5) is 0 Å². The summed E-state index contributed by atoms with van der Waals surface area (Å²) in [5, 5.41) is 6.83. The van der Waals surface area contributed by atoms with Gasteiger partial charge in [-0.25, -0.2) is 9.97 Å². The van der Waals surface area contributed by atoms with Gasteiger partial charge in [0.15, 0.2) is 0 Å². The Balaban J connectivity index is 1.12. The van der Waals surface area contributed by atoms with E-state index in [0.29, 0.717) is 0 Å². The molecule has 3 nitrogen and oxygen atoms in total. The van der Waals surface area contributed by atoms with Gasteiger partial charge in [-0.05, 0) is 64.4 Å². The first-order valence-corrected chi connectivity index (χ1v) is 14.5. The van der Waals surface area contributed by atoms with Gasteiger partial charge in [-0.2, -0.15) is 0 Å². The van der Waals surface area contributed by atoms with Crippen LogP contribution in [0.1, 0.15) is 0 Å². The molecule has 0 unspecified atom stereocenters. The van der Waals surface area contributed by atoms with E-state index in [4.69, 9.17) is 14.4 Å². The summed E-state index contributed by atoms with van der Waals surface area (Å²) in [5.41, 5.74) is 10.1. The molecular formula is C40H24N2O. The van der Waals surface area contributed by atoms with Crippen LogP contribution in [0.5, 0.6) is 0 Å². The monoisotopic (exact) mass is 548 g/mol. The van der Waals surface area contributed by atoms with Crippen molar-refractivity contribution in [3.8, 4) is 33.6 Å². The maximum absolute atomic E-state index is 6.04. The molecule has 0 spiro atoms. The number of furan rings is 1. The first-order chi connectivity index (χ1) is 21.3. The van der Waals surface area contributed by atoms with Gasteiger partial charge in [0.25, 0.3) is 0 Å². The molecule has 0 atom stereocenters. The molecule has 0 aliphatic rings.